The Balaban J connectivity index is -0.000000713. The zero-order valence-corrected chi connectivity index (χ0v) is 19.1. The maximum atomic E-state index is 11.7. The molecule has 1 amide bonds. The van der Waals surface area contributed by atoms with Gasteiger partial charge >= 0.3 is 18.1 Å². The van der Waals surface area contributed by atoms with E-state index in [9.17, 15) is 14.4 Å². The zero-order valence-electron chi connectivity index (χ0n) is 17.5. The number of aliphatic carboxylic acids is 1. The van der Waals surface area contributed by atoms with Crippen LogP contribution in [0.4, 0.5) is 0 Å². The van der Waals surface area contributed by atoms with Crippen LogP contribution in [0.15, 0.2) is 5.11 Å². The summed E-state index contributed by atoms with van der Waals surface area (Å²) in [5.41, 5.74) is 7.48. The quantitative estimate of drug-likeness (QED) is 0.185. The molecule has 0 aromatic heterocycles. The highest BCUT2D eigenvalue weighted by molar-refractivity contribution is 9.09. The summed E-state index contributed by atoms with van der Waals surface area (Å²) < 4.78 is 5.25. The summed E-state index contributed by atoms with van der Waals surface area (Å²) in [5, 5.41) is 13.7. The summed E-state index contributed by atoms with van der Waals surface area (Å²) in [5.74, 6) is -1.47. The number of carboxylic acid groups (broad SMARTS) is 1. The summed E-state index contributed by atoms with van der Waals surface area (Å²) in [4.78, 5) is 51.5. The second kappa shape index (κ2) is 16.5. The fourth-order valence-corrected chi connectivity index (χ4v) is 1.71. The van der Waals surface area contributed by atoms with Crippen molar-refractivity contribution in [2.45, 2.75) is 66.0 Å². The van der Waals surface area contributed by atoms with Crippen LogP contribution in [0.25, 0.3) is 10.4 Å². The predicted octanol–water partition coefficient (Wildman–Crippen LogP) is 2.83. The Morgan fingerprint density at radius 2 is 1.66 bits per heavy atom. The number of nitrogens with zero attached hydrogens (tertiary/aromatic N) is 3. The summed E-state index contributed by atoms with van der Waals surface area (Å²) in [6.07, 6.45) is 0.946. The number of azide groups is 1. The van der Waals surface area contributed by atoms with Crippen molar-refractivity contribution in [3.8, 4) is 0 Å². The first-order valence-corrected chi connectivity index (χ1v) is 9.55. The molecule has 11 nitrogen and oxygen atoms in total. The number of carbonyl (C=O) groups excluding carboxylic acids is 4. The largest absolute Gasteiger partial charge is 0.481 e. The van der Waals surface area contributed by atoms with E-state index in [4.69, 9.17) is 25.0 Å². The number of hydrogen-bond donors (Lipinski definition) is 2. The maximum absolute atomic E-state index is 11.7. The SMILES string of the molecule is CC(C)(C)OC(=O)CC[C@H](NC(=O)CN=[N+]=[N-])C(C)(C)C.O=C(O)CBr.O=C=O. The number of carbonyl (C=O) groups is 3. The molecule has 0 heterocycles. The smallest absolute Gasteiger partial charge is 0.373 e. The van der Waals surface area contributed by atoms with Gasteiger partial charge in [-0.3, -0.25) is 14.4 Å². The van der Waals surface area contributed by atoms with Gasteiger partial charge < -0.3 is 15.2 Å². The highest BCUT2D eigenvalue weighted by Crippen LogP contribution is 2.23. The minimum absolute atomic E-state index is 0.0347. The van der Waals surface area contributed by atoms with Gasteiger partial charge in [-0.1, -0.05) is 41.8 Å². The number of alkyl halides is 1. The first-order valence-electron chi connectivity index (χ1n) is 8.43. The molecule has 0 unspecified atom stereocenters. The predicted molar refractivity (Wildman–Crippen MR) is 107 cm³/mol. The highest BCUT2D eigenvalue weighted by atomic mass is 79.9. The van der Waals surface area contributed by atoms with Crippen LogP contribution >= 0.6 is 15.9 Å². The van der Waals surface area contributed by atoms with Crippen LogP contribution in [0, 0.1) is 5.41 Å². The van der Waals surface area contributed by atoms with Crippen molar-refractivity contribution >= 4 is 39.9 Å². The first kappa shape index (κ1) is 31.3. The summed E-state index contributed by atoms with van der Waals surface area (Å²) in [7, 11) is 0. The highest BCUT2D eigenvalue weighted by Gasteiger charge is 2.27. The molecule has 0 saturated carbocycles. The van der Waals surface area contributed by atoms with Crippen molar-refractivity contribution in [1.29, 1.82) is 0 Å². The van der Waals surface area contributed by atoms with Gasteiger partial charge in [0, 0.05) is 17.4 Å². The van der Waals surface area contributed by atoms with Crippen molar-refractivity contribution < 1.29 is 33.8 Å². The Morgan fingerprint density at radius 1 is 1.21 bits per heavy atom. The number of rotatable bonds is 7. The van der Waals surface area contributed by atoms with Crippen LogP contribution in [0.3, 0.4) is 0 Å². The Hall–Kier alpha value is -2.42. The van der Waals surface area contributed by atoms with Gasteiger partial charge in [-0.15, -0.1) is 0 Å². The third-order valence-electron chi connectivity index (χ3n) is 2.83. The Labute approximate surface area is 178 Å². The lowest BCUT2D eigenvalue weighted by Gasteiger charge is -2.31. The summed E-state index contributed by atoms with van der Waals surface area (Å²) in [6.45, 7) is 11.1. The number of carboxylic acids is 1. The van der Waals surface area contributed by atoms with E-state index in [1.807, 2.05) is 41.5 Å². The third kappa shape index (κ3) is 25.6. The lowest BCUT2D eigenvalue weighted by molar-refractivity contribution is -0.191. The van der Waals surface area contributed by atoms with E-state index in [2.05, 4.69) is 31.3 Å². The zero-order chi connectivity index (χ0) is 23.7. The number of nitrogens with one attached hydrogen (secondary N) is 1. The van der Waals surface area contributed by atoms with Crippen molar-refractivity contribution in [2.75, 3.05) is 11.9 Å². The molecule has 0 aliphatic heterocycles. The molecule has 0 fully saturated rings. The molecular formula is C17H29BrN4O7. The van der Waals surface area contributed by atoms with E-state index in [-0.39, 0.29) is 47.8 Å². The monoisotopic (exact) mass is 480 g/mol. The van der Waals surface area contributed by atoms with Crippen LogP contribution in [0.2, 0.25) is 0 Å². The topological polar surface area (TPSA) is 176 Å². The molecule has 2 N–H and O–H groups in total. The molecular weight excluding hydrogens is 452 g/mol. The van der Waals surface area contributed by atoms with Crippen molar-refractivity contribution in [3.05, 3.63) is 10.4 Å². The van der Waals surface area contributed by atoms with E-state index >= 15 is 0 Å². The van der Waals surface area contributed by atoms with E-state index in [1.54, 1.807) is 0 Å². The molecule has 0 aromatic carbocycles. The van der Waals surface area contributed by atoms with Gasteiger partial charge in [0.1, 0.15) is 17.5 Å². The minimum atomic E-state index is -0.829. The van der Waals surface area contributed by atoms with Gasteiger partial charge in [0.2, 0.25) is 5.91 Å². The fraction of sp³-hybridized carbons (Fsp3) is 0.765. The lowest BCUT2D eigenvalue weighted by atomic mass is 9.84. The molecule has 12 heteroatoms. The molecule has 1 atom stereocenters. The average Bonchev–Trinajstić information content (AvgIpc) is 2.55. The van der Waals surface area contributed by atoms with Crippen LogP contribution in [0.1, 0.15) is 54.4 Å². The first-order chi connectivity index (χ1) is 13.1. The summed E-state index contributed by atoms with van der Waals surface area (Å²) >= 11 is 2.71. The molecule has 0 aromatic rings. The van der Waals surface area contributed by atoms with Crippen LogP contribution in [0.5, 0.6) is 0 Å². The molecule has 0 bridgehead atoms. The van der Waals surface area contributed by atoms with E-state index in [0.29, 0.717) is 6.42 Å². The van der Waals surface area contributed by atoms with Crippen LogP contribution in [-0.2, 0) is 28.7 Å². The van der Waals surface area contributed by atoms with Gasteiger partial charge in [-0.05, 0) is 38.1 Å². The second-order valence-corrected chi connectivity index (χ2v) is 8.17. The molecule has 0 aliphatic rings. The van der Waals surface area contributed by atoms with Crippen molar-refractivity contribution in [2.24, 2.45) is 10.5 Å². The third-order valence-corrected chi connectivity index (χ3v) is 3.31. The molecule has 0 saturated heterocycles. The number of amides is 1. The fourth-order valence-electron chi connectivity index (χ4n) is 1.71. The Kier molecular flexibility index (Phi) is 17.8. The number of halogens is 1. The average molecular weight is 481 g/mol. The van der Waals surface area contributed by atoms with Crippen molar-refractivity contribution in [3.63, 3.8) is 0 Å². The molecule has 0 aliphatic carbocycles. The maximum Gasteiger partial charge on any atom is 0.373 e. The lowest BCUT2D eigenvalue weighted by Crippen LogP contribution is -2.45. The standard InChI is InChI=1S/C14H26N4O3.C2H3BrO2.CO2/c1-13(2,3)10(17-11(19)9-16-18-15)7-8-12(20)21-14(4,5)6;3-1-2(4)5;2-1-3/h10H,7-9H2,1-6H3,(H,17,19);1H2,(H,4,5);/t10-;;/m0../s1. The Morgan fingerprint density at radius 3 is 1.97 bits per heavy atom. The molecule has 0 spiro atoms. The van der Waals surface area contributed by atoms with Gasteiger partial charge in [-0.2, -0.15) is 9.59 Å². The molecule has 29 heavy (non-hydrogen) atoms. The second-order valence-electron chi connectivity index (χ2n) is 7.61. The van der Waals surface area contributed by atoms with E-state index in [0.717, 1.165) is 0 Å². The van der Waals surface area contributed by atoms with Gasteiger partial charge in [0.25, 0.3) is 0 Å². The van der Waals surface area contributed by atoms with Crippen LogP contribution < -0.4 is 5.32 Å². The number of esters is 1. The summed E-state index contributed by atoms with van der Waals surface area (Å²) in [6, 6.07) is -0.202. The van der Waals surface area contributed by atoms with Crippen LogP contribution in [-0.4, -0.2) is 52.6 Å². The minimum Gasteiger partial charge on any atom is -0.481 e. The molecule has 166 valence electrons. The number of hydrogen-bond acceptors (Lipinski definition) is 7. The van der Waals surface area contributed by atoms with E-state index in [1.165, 1.54) is 0 Å². The van der Waals surface area contributed by atoms with Gasteiger partial charge in [-0.25, -0.2) is 0 Å². The Bertz CT molecular complexity index is 600. The van der Waals surface area contributed by atoms with Crippen molar-refractivity contribution in [1.82, 2.24) is 5.32 Å². The van der Waals surface area contributed by atoms with E-state index < -0.39 is 11.6 Å². The molecule has 0 radical (unpaired) electrons. The molecule has 0 rings (SSSR count). The number of ether oxygens (including phenoxy) is 1. The van der Waals surface area contributed by atoms with Gasteiger partial charge in [0.15, 0.2) is 0 Å². The van der Waals surface area contributed by atoms with Gasteiger partial charge in [0.05, 0.1) is 0 Å². The normalized spacial score (nSPS) is 11.0.